The molecule has 1 aliphatic heterocycles. The maximum atomic E-state index is 3.45. The molecule has 1 fully saturated rings. The molecule has 0 bridgehead atoms. The molecule has 0 aromatic carbocycles. The summed E-state index contributed by atoms with van der Waals surface area (Å²) in [6.45, 7) is 9.23. The summed E-state index contributed by atoms with van der Waals surface area (Å²) in [7, 11) is 4.27. The zero-order valence-electron chi connectivity index (χ0n) is 9.38. The summed E-state index contributed by atoms with van der Waals surface area (Å²) >= 11 is 0. The van der Waals surface area contributed by atoms with Crippen LogP contribution >= 0.6 is 0 Å². The van der Waals surface area contributed by atoms with Gasteiger partial charge >= 0.3 is 0 Å². The van der Waals surface area contributed by atoms with Crippen molar-refractivity contribution in [2.45, 2.75) is 25.9 Å². The zero-order chi connectivity index (χ0) is 9.84. The number of piperazine rings is 1. The van der Waals surface area contributed by atoms with Crippen LogP contribution in [0.5, 0.6) is 0 Å². The Balaban J connectivity index is 2.35. The highest BCUT2D eigenvalue weighted by molar-refractivity contribution is 4.82. The minimum Gasteiger partial charge on any atom is -0.314 e. The van der Waals surface area contributed by atoms with Crippen molar-refractivity contribution in [3.63, 3.8) is 0 Å². The van der Waals surface area contributed by atoms with E-state index in [1.54, 1.807) is 0 Å². The first kappa shape index (κ1) is 11.0. The molecule has 1 aliphatic rings. The van der Waals surface area contributed by atoms with Crippen LogP contribution in [0.1, 0.15) is 13.8 Å². The Morgan fingerprint density at radius 1 is 1.23 bits per heavy atom. The van der Waals surface area contributed by atoms with Gasteiger partial charge in [0.25, 0.3) is 0 Å². The molecule has 2 atom stereocenters. The van der Waals surface area contributed by atoms with Gasteiger partial charge < -0.3 is 10.2 Å². The van der Waals surface area contributed by atoms with Crippen molar-refractivity contribution in [1.29, 1.82) is 0 Å². The molecule has 1 rings (SSSR count). The van der Waals surface area contributed by atoms with E-state index in [1.807, 2.05) is 0 Å². The highest BCUT2D eigenvalue weighted by Gasteiger charge is 2.23. The van der Waals surface area contributed by atoms with Crippen LogP contribution in [0.2, 0.25) is 0 Å². The Morgan fingerprint density at radius 2 is 1.77 bits per heavy atom. The molecular weight excluding hydrogens is 162 g/mol. The van der Waals surface area contributed by atoms with E-state index in [-0.39, 0.29) is 0 Å². The van der Waals surface area contributed by atoms with Crippen LogP contribution in [-0.2, 0) is 0 Å². The zero-order valence-corrected chi connectivity index (χ0v) is 9.38. The highest BCUT2D eigenvalue weighted by atomic mass is 15.3. The molecule has 3 heteroatoms. The number of nitrogens with zero attached hydrogens (tertiary/aromatic N) is 2. The lowest BCUT2D eigenvalue weighted by Crippen LogP contribution is -2.56. The van der Waals surface area contributed by atoms with Crippen molar-refractivity contribution >= 4 is 0 Å². The fourth-order valence-corrected chi connectivity index (χ4v) is 1.93. The molecule has 0 spiro atoms. The van der Waals surface area contributed by atoms with Crippen molar-refractivity contribution < 1.29 is 0 Å². The Labute approximate surface area is 82.1 Å². The molecule has 0 aromatic heterocycles. The number of hydrogen-bond acceptors (Lipinski definition) is 3. The predicted octanol–water partition coefficient (Wildman–Crippen LogP) is 0.230. The molecule has 3 nitrogen and oxygen atoms in total. The molecule has 1 saturated heterocycles. The second-order valence-corrected chi connectivity index (χ2v) is 4.40. The topological polar surface area (TPSA) is 18.5 Å². The third-order valence-corrected chi connectivity index (χ3v) is 2.82. The van der Waals surface area contributed by atoms with E-state index in [4.69, 9.17) is 0 Å². The first-order valence-electron chi connectivity index (χ1n) is 5.22. The van der Waals surface area contributed by atoms with Crippen LogP contribution in [0.3, 0.4) is 0 Å². The monoisotopic (exact) mass is 185 g/mol. The largest absolute Gasteiger partial charge is 0.314 e. The van der Waals surface area contributed by atoms with Crippen molar-refractivity contribution in [3.8, 4) is 0 Å². The van der Waals surface area contributed by atoms with E-state index in [0.717, 1.165) is 19.6 Å². The van der Waals surface area contributed by atoms with Gasteiger partial charge in [-0.1, -0.05) is 0 Å². The third kappa shape index (κ3) is 3.25. The smallest absolute Gasteiger partial charge is 0.0196 e. The molecule has 13 heavy (non-hydrogen) atoms. The van der Waals surface area contributed by atoms with Crippen LogP contribution in [0.25, 0.3) is 0 Å². The standard InChI is InChI=1S/C10H23N3/c1-9-7-11-8-10(2)13(9)6-5-12(3)4/h9-11H,5-8H2,1-4H3/t9-,10-/m0/s1. The summed E-state index contributed by atoms with van der Waals surface area (Å²) < 4.78 is 0. The quantitative estimate of drug-likeness (QED) is 0.679. The number of likely N-dealkylation sites (N-methyl/N-ethyl adjacent to an activating group) is 1. The second kappa shape index (κ2) is 4.94. The maximum absolute atomic E-state index is 3.45. The van der Waals surface area contributed by atoms with E-state index in [2.05, 4.69) is 43.1 Å². The molecule has 0 amide bonds. The van der Waals surface area contributed by atoms with Gasteiger partial charge in [-0.15, -0.1) is 0 Å². The predicted molar refractivity (Wildman–Crippen MR) is 57.1 cm³/mol. The summed E-state index contributed by atoms with van der Waals surface area (Å²) in [4.78, 5) is 4.85. The fraction of sp³-hybridized carbons (Fsp3) is 1.00. The van der Waals surface area contributed by atoms with Crippen LogP contribution in [0.15, 0.2) is 0 Å². The minimum absolute atomic E-state index is 0.684. The Hall–Kier alpha value is -0.120. The molecule has 0 unspecified atom stereocenters. The van der Waals surface area contributed by atoms with E-state index in [1.165, 1.54) is 6.54 Å². The van der Waals surface area contributed by atoms with Gasteiger partial charge in [-0.3, -0.25) is 4.90 Å². The van der Waals surface area contributed by atoms with Gasteiger partial charge in [0.15, 0.2) is 0 Å². The van der Waals surface area contributed by atoms with Gasteiger partial charge in [0.1, 0.15) is 0 Å². The van der Waals surface area contributed by atoms with Crippen molar-refractivity contribution in [2.24, 2.45) is 0 Å². The lowest BCUT2D eigenvalue weighted by atomic mass is 10.1. The molecule has 1 heterocycles. The highest BCUT2D eigenvalue weighted by Crippen LogP contribution is 2.08. The van der Waals surface area contributed by atoms with Gasteiger partial charge in [-0.25, -0.2) is 0 Å². The lowest BCUT2D eigenvalue weighted by molar-refractivity contribution is 0.107. The molecular formula is C10H23N3. The van der Waals surface area contributed by atoms with E-state index < -0.39 is 0 Å². The van der Waals surface area contributed by atoms with Gasteiger partial charge in [0.2, 0.25) is 0 Å². The molecule has 0 saturated carbocycles. The Kier molecular flexibility index (Phi) is 4.16. The van der Waals surface area contributed by atoms with Gasteiger partial charge in [0, 0.05) is 38.3 Å². The summed E-state index contributed by atoms with van der Waals surface area (Å²) in [5, 5.41) is 3.45. The molecule has 1 N–H and O–H groups in total. The first-order valence-corrected chi connectivity index (χ1v) is 5.22. The maximum Gasteiger partial charge on any atom is 0.0196 e. The second-order valence-electron chi connectivity index (χ2n) is 4.40. The summed E-state index contributed by atoms with van der Waals surface area (Å²) in [5.74, 6) is 0. The Morgan fingerprint density at radius 3 is 2.23 bits per heavy atom. The summed E-state index contributed by atoms with van der Waals surface area (Å²) in [5.41, 5.74) is 0. The summed E-state index contributed by atoms with van der Waals surface area (Å²) in [6.07, 6.45) is 0. The molecule has 78 valence electrons. The molecule has 0 radical (unpaired) electrons. The summed E-state index contributed by atoms with van der Waals surface area (Å²) in [6, 6.07) is 1.37. The minimum atomic E-state index is 0.684. The third-order valence-electron chi connectivity index (χ3n) is 2.82. The fourth-order valence-electron chi connectivity index (χ4n) is 1.93. The van der Waals surface area contributed by atoms with Crippen LogP contribution < -0.4 is 5.32 Å². The molecule has 0 aliphatic carbocycles. The molecule has 0 aromatic rings. The average molecular weight is 185 g/mol. The van der Waals surface area contributed by atoms with Gasteiger partial charge in [0.05, 0.1) is 0 Å². The van der Waals surface area contributed by atoms with Crippen LogP contribution in [0.4, 0.5) is 0 Å². The Bertz CT molecular complexity index is 137. The van der Waals surface area contributed by atoms with Crippen molar-refractivity contribution in [1.82, 2.24) is 15.1 Å². The van der Waals surface area contributed by atoms with Crippen molar-refractivity contribution in [2.75, 3.05) is 40.3 Å². The normalized spacial score (nSPS) is 31.2. The lowest BCUT2D eigenvalue weighted by Gasteiger charge is -2.39. The first-order chi connectivity index (χ1) is 6.11. The van der Waals surface area contributed by atoms with E-state index in [9.17, 15) is 0 Å². The van der Waals surface area contributed by atoms with Crippen LogP contribution in [-0.4, -0.2) is 62.2 Å². The van der Waals surface area contributed by atoms with E-state index in [0.29, 0.717) is 12.1 Å². The van der Waals surface area contributed by atoms with Crippen molar-refractivity contribution in [3.05, 3.63) is 0 Å². The van der Waals surface area contributed by atoms with Crippen LogP contribution in [0, 0.1) is 0 Å². The van der Waals surface area contributed by atoms with E-state index >= 15 is 0 Å². The van der Waals surface area contributed by atoms with Gasteiger partial charge in [-0.2, -0.15) is 0 Å². The SMILES string of the molecule is C[C@H]1CNC[C@H](C)N1CCN(C)C. The number of nitrogens with one attached hydrogen (secondary N) is 1. The number of hydrogen-bond donors (Lipinski definition) is 1. The van der Waals surface area contributed by atoms with Gasteiger partial charge in [-0.05, 0) is 27.9 Å². The number of rotatable bonds is 3. The average Bonchev–Trinajstić information content (AvgIpc) is 2.03.